The van der Waals surface area contributed by atoms with Crippen LogP contribution in [0.1, 0.15) is 40.0 Å². The van der Waals surface area contributed by atoms with Gasteiger partial charge in [0.05, 0.1) is 17.8 Å². The zero-order valence-corrected chi connectivity index (χ0v) is 13.3. The van der Waals surface area contributed by atoms with Crippen molar-refractivity contribution in [3.05, 3.63) is 0 Å². The third kappa shape index (κ3) is 3.19. The first-order valence-electron chi connectivity index (χ1n) is 8.13. The van der Waals surface area contributed by atoms with E-state index in [9.17, 15) is 0 Å². The molecule has 4 nitrogen and oxygen atoms in total. The summed E-state index contributed by atoms with van der Waals surface area (Å²) in [6, 6.07) is 0. The fraction of sp³-hybridized carbons (Fsp3) is 1.00. The molecule has 1 aliphatic carbocycles. The molecule has 1 spiro atoms. The van der Waals surface area contributed by atoms with Crippen LogP contribution in [-0.4, -0.2) is 50.6 Å². The maximum absolute atomic E-state index is 6.13. The molecule has 3 fully saturated rings. The van der Waals surface area contributed by atoms with Crippen LogP contribution < -0.4 is 10.6 Å². The van der Waals surface area contributed by atoms with E-state index in [1.165, 1.54) is 6.42 Å². The van der Waals surface area contributed by atoms with E-state index in [1.807, 2.05) is 0 Å². The molecule has 3 unspecified atom stereocenters. The highest BCUT2D eigenvalue weighted by atomic mass is 16.5. The van der Waals surface area contributed by atoms with Gasteiger partial charge in [0.2, 0.25) is 0 Å². The van der Waals surface area contributed by atoms with Crippen LogP contribution in [0.2, 0.25) is 0 Å². The summed E-state index contributed by atoms with van der Waals surface area (Å²) in [5.41, 5.74) is 0.347. The lowest BCUT2D eigenvalue weighted by atomic mass is 9.93. The Morgan fingerprint density at radius 2 is 1.90 bits per heavy atom. The van der Waals surface area contributed by atoms with Crippen molar-refractivity contribution in [2.24, 2.45) is 11.3 Å². The summed E-state index contributed by atoms with van der Waals surface area (Å²) < 4.78 is 12.2. The Morgan fingerprint density at radius 1 is 1.05 bits per heavy atom. The fourth-order valence-electron chi connectivity index (χ4n) is 3.74. The molecule has 116 valence electrons. The molecule has 0 aromatic heterocycles. The predicted octanol–water partition coefficient (Wildman–Crippen LogP) is 1.55. The summed E-state index contributed by atoms with van der Waals surface area (Å²) in [4.78, 5) is 0. The predicted molar refractivity (Wildman–Crippen MR) is 79.9 cm³/mol. The molecular formula is C16H30N2O2. The minimum atomic E-state index is -0.0269. The van der Waals surface area contributed by atoms with E-state index in [-0.39, 0.29) is 11.2 Å². The van der Waals surface area contributed by atoms with Gasteiger partial charge in [-0.1, -0.05) is 0 Å². The molecule has 3 aliphatic rings. The standard InChI is InChI=1S/C16H30N2O2/c1-14(2)9-18-11-16(12-20-14)8-13(16)7-15(3)10-17-5-4-6-19-15/h13,17-18H,4-12H2,1-3H3. The zero-order chi connectivity index (χ0) is 14.3. The summed E-state index contributed by atoms with van der Waals surface area (Å²) in [5.74, 6) is 0.744. The van der Waals surface area contributed by atoms with Crippen molar-refractivity contribution in [1.29, 1.82) is 0 Å². The van der Waals surface area contributed by atoms with Gasteiger partial charge in [0, 0.05) is 31.7 Å². The normalized spacial score (nSPS) is 44.9. The van der Waals surface area contributed by atoms with Gasteiger partial charge in [-0.3, -0.25) is 0 Å². The van der Waals surface area contributed by atoms with E-state index in [2.05, 4.69) is 31.4 Å². The van der Waals surface area contributed by atoms with Crippen molar-refractivity contribution < 1.29 is 9.47 Å². The molecular weight excluding hydrogens is 252 g/mol. The van der Waals surface area contributed by atoms with Crippen LogP contribution in [-0.2, 0) is 9.47 Å². The van der Waals surface area contributed by atoms with Crippen LogP contribution >= 0.6 is 0 Å². The molecule has 2 aliphatic heterocycles. The second-order valence-electron chi connectivity index (χ2n) is 7.95. The lowest BCUT2D eigenvalue weighted by Gasteiger charge is -2.29. The lowest BCUT2D eigenvalue weighted by Crippen LogP contribution is -2.39. The van der Waals surface area contributed by atoms with Crippen molar-refractivity contribution in [2.45, 2.75) is 51.2 Å². The topological polar surface area (TPSA) is 42.5 Å². The maximum Gasteiger partial charge on any atom is 0.0781 e. The molecule has 20 heavy (non-hydrogen) atoms. The van der Waals surface area contributed by atoms with Gasteiger partial charge in [0.25, 0.3) is 0 Å². The molecule has 0 bridgehead atoms. The number of rotatable bonds is 2. The van der Waals surface area contributed by atoms with Gasteiger partial charge >= 0.3 is 0 Å². The number of nitrogens with one attached hydrogen (secondary N) is 2. The monoisotopic (exact) mass is 282 g/mol. The maximum atomic E-state index is 6.13. The van der Waals surface area contributed by atoms with Gasteiger partial charge in [-0.15, -0.1) is 0 Å². The Morgan fingerprint density at radius 3 is 2.75 bits per heavy atom. The summed E-state index contributed by atoms with van der Waals surface area (Å²) in [6.07, 6.45) is 3.57. The second kappa shape index (κ2) is 5.24. The summed E-state index contributed by atoms with van der Waals surface area (Å²) in [7, 11) is 0. The Labute approximate surface area is 123 Å². The summed E-state index contributed by atoms with van der Waals surface area (Å²) in [5, 5.41) is 7.12. The summed E-state index contributed by atoms with van der Waals surface area (Å²) >= 11 is 0. The van der Waals surface area contributed by atoms with Crippen LogP contribution in [0.15, 0.2) is 0 Å². The average molecular weight is 282 g/mol. The van der Waals surface area contributed by atoms with E-state index in [4.69, 9.17) is 9.47 Å². The first-order chi connectivity index (χ1) is 9.43. The van der Waals surface area contributed by atoms with E-state index in [1.54, 1.807) is 0 Å². The van der Waals surface area contributed by atoms with E-state index in [0.717, 1.165) is 58.2 Å². The van der Waals surface area contributed by atoms with E-state index < -0.39 is 0 Å². The molecule has 2 heterocycles. The smallest absolute Gasteiger partial charge is 0.0781 e. The summed E-state index contributed by atoms with van der Waals surface area (Å²) in [6.45, 7) is 12.6. The fourth-order valence-corrected chi connectivity index (χ4v) is 3.74. The van der Waals surface area contributed by atoms with Gasteiger partial charge in [-0.05, 0) is 52.5 Å². The van der Waals surface area contributed by atoms with Gasteiger partial charge in [-0.2, -0.15) is 0 Å². The van der Waals surface area contributed by atoms with Crippen LogP contribution in [0.4, 0.5) is 0 Å². The van der Waals surface area contributed by atoms with Crippen LogP contribution in [0.25, 0.3) is 0 Å². The molecule has 4 heteroatoms. The molecule has 0 aromatic carbocycles. The van der Waals surface area contributed by atoms with Gasteiger partial charge in [0.1, 0.15) is 0 Å². The Hall–Kier alpha value is -0.160. The van der Waals surface area contributed by atoms with Gasteiger partial charge in [-0.25, -0.2) is 0 Å². The van der Waals surface area contributed by atoms with Gasteiger partial charge < -0.3 is 20.1 Å². The zero-order valence-electron chi connectivity index (χ0n) is 13.3. The van der Waals surface area contributed by atoms with Crippen molar-refractivity contribution in [1.82, 2.24) is 10.6 Å². The molecule has 2 saturated heterocycles. The van der Waals surface area contributed by atoms with E-state index in [0.29, 0.717) is 5.41 Å². The van der Waals surface area contributed by atoms with Crippen molar-refractivity contribution in [2.75, 3.05) is 39.4 Å². The third-order valence-corrected chi connectivity index (χ3v) is 5.26. The number of hydrogen-bond donors (Lipinski definition) is 2. The molecule has 2 N–H and O–H groups in total. The van der Waals surface area contributed by atoms with Crippen molar-refractivity contribution in [3.8, 4) is 0 Å². The third-order valence-electron chi connectivity index (χ3n) is 5.26. The molecule has 0 radical (unpaired) electrons. The quantitative estimate of drug-likeness (QED) is 0.806. The first-order valence-corrected chi connectivity index (χ1v) is 8.13. The highest BCUT2D eigenvalue weighted by molar-refractivity contribution is 5.08. The number of hydrogen-bond acceptors (Lipinski definition) is 4. The minimum absolute atomic E-state index is 0.00644. The largest absolute Gasteiger partial charge is 0.374 e. The molecule has 1 saturated carbocycles. The molecule has 0 aromatic rings. The lowest BCUT2D eigenvalue weighted by molar-refractivity contribution is -0.0412. The Balaban J connectivity index is 1.58. The molecule has 0 amide bonds. The Bertz CT molecular complexity index is 350. The van der Waals surface area contributed by atoms with Crippen LogP contribution in [0.5, 0.6) is 0 Å². The average Bonchev–Trinajstić information content (AvgIpc) is 3.10. The van der Waals surface area contributed by atoms with Crippen molar-refractivity contribution in [3.63, 3.8) is 0 Å². The second-order valence-corrected chi connectivity index (χ2v) is 7.95. The van der Waals surface area contributed by atoms with Gasteiger partial charge in [0.15, 0.2) is 0 Å². The molecule has 3 atom stereocenters. The van der Waals surface area contributed by atoms with Crippen molar-refractivity contribution >= 4 is 0 Å². The first kappa shape index (κ1) is 14.8. The molecule has 3 rings (SSSR count). The highest BCUT2D eigenvalue weighted by Gasteiger charge is 2.57. The SMILES string of the molecule is CC1(C)CNCC2(CO1)CC2CC1(C)CNCCCO1. The van der Waals surface area contributed by atoms with Crippen LogP contribution in [0.3, 0.4) is 0 Å². The highest BCUT2D eigenvalue weighted by Crippen LogP contribution is 2.57. The minimum Gasteiger partial charge on any atom is -0.374 e. The Kier molecular flexibility index (Phi) is 3.87. The number of ether oxygens (including phenoxy) is 2. The van der Waals surface area contributed by atoms with E-state index >= 15 is 0 Å². The van der Waals surface area contributed by atoms with Crippen LogP contribution in [0, 0.1) is 11.3 Å².